The van der Waals surface area contributed by atoms with Gasteiger partial charge in [-0.15, -0.1) is 0 Å². The Kier molecular flexibility index (Phi) is 8.20. The van der Waals surface area contributed by atoms with Crippen molar-refractivity contribution in [3.8, 4) is 23.0 Å². The standard InChI is InChI=1S/C27H34N2O7/c1-32-19-9-7-17(8-10-19)25-21(27(31)28-16-20-6-5-13-36-20)11-12-24(30)29(25)18-14-22(33-2)26(35-4)23(15-18)34-3/h7-10,14-15,20-21,25H,5-6,11-13,16H2,1-4H3,(H,28,31)/t20-,21-,25+/m0/s1. The largest absolute Gasteiger partial charge is 0.497 e. The van der Waals surface area contributed by atoms with E-state index in [1.165, 1.54) is 21.3 Å². The lowest BCUT2D eigenvalue weighted by atomic mass is 9.83. The predicted octanol–water partition coefficient (Wildman–Crippen LogP) is 3.50. The van der Waals surface area contributed by atoms with E-state index in [1.54, 1.807) is 24.1 Å². The number of hydrogen-bond donors (Lipinski definition) is 1. The van der Waals surface area contributed by atoms with Crippen LogP contribution >= 0.6 is 0 Å². The number of nitrogens with zero attached hydrogens (tertiary/aromatic N) is 1. The Hall–Kier alpha value is -3.46. The van der Waals surface area contributed by atoms with Crippen molar-refractivity contribution in [1.29, 1.82) is 0 Å². The number of rotatable bonds is 9. The maximum Gasteiger partial charge on any atom is 0.227 e. The summed E-state index contributed by atoms with van der Waals surface area (Å²) in [6, 6.07) is 10.4. The van der Waals surface area contributed by atoms with Gasteiger partial charge in [-0.1, -0.05) is 12.1 Å². The Balaban J connectivity index is 1.74. The molecule has 1 N–H and O–H groups in total. The van der Waals surface area contributed by atoms with Crippen LogP contribution < -0.4 is 29.2 Å². The zero-order chi connectivity index (χ0) is 25.7. The first-order valence-corrected chi connectivity index (χ1v) is 12.2. The van der Waals surface area contributed by atoms with Gasteiger partial charge in [0.2, 0.25) is 17.6 Å². The van der Waals surface area contributed by atoms with Crippen LogP contribution in [-0.2, 0) is 14.3 Å². The average molecular weight is 499 g/mol. The Morgan fingerprint density at radius 3 is 2.25 bits per heavy atom. The highest BCUT2D eigenvalue weighted by Crippen LogP contribution is 2.46. The summed E-state index contributed by atoms with van der Waals surface area (Å²) < 4.78 is 27.5. The molecule has 2 aromatic carbocycles. The summed E-state index contributed by atoms with van der Waals surface area (Å²) >= 11 is 0. The van der Waals surface area contributed by atoms with Crippen LogP contribution in [0.15, 0.2) is 36.4 Å². The van der Waals surface area contributed by atoms with Crippen molar-refractivity contribution in [2.24, 2.45) is 5.92 Å². The van der Waals surface area contributed by atoms with Gasteiger partial charge in [0, 0.05) is 31.7 Å². The van der Waals surface area contributed by atoms with Crippen molar-refractivity contribution in [1.82, 2.24) is 5.32 Å². The fourth-order valence-corrected chi connectivity index (χ4v) is 5.01. The smallest absolute Gasteiger partial charge is 0.227 e. The Labute approximate surface area is 211 Å². The molecule has 0 bridgehead atoms. The lowest BCUT2D eigenvalue weighted by molar-refractivity contribution is -0.129. The maximum absolute atomic E-state index is 13.5. The normalized spacial score (nSPS) is 21.7. The van der Waals surface area contributed by atoms with Gasteiger partial charge in [-0.25, -0.2) is 0 Å². The van der Waals surface area contributed by atoms with Crippen molar-refractivity contribution >= 4 is 17.5 Å². The SMILES string of the molecule is COc1ccc([C@@H]2[C@@H](C(=O)NC[C@@H]3CCCO3)CCC(=O)N2c2cc(OC)c(OC)c(OC)c2)cc1. The van der Waals surface area contributed by atoms with E-state index < -0.39 is 12.0 Å². The molecule has 194 valence electrons. The zero-order valence-corrected chi connectivity index (χ0v) is 21.2. The molecule has 0 aromatic heterocycles. The fraction of sp³-hybridized carbons (Fsp3) is 0.481. The van der Waals surface area contributed by atoms with Gasteiger partial charge in [0.25, 0.3) is 0 Å². The fourth-order valence-electron chi connectivity index (χ4n) is 5.01. The number of anilines is 1. The van der Waals surface area contributed by atoms with Crippen molar-refractivity contribution in [3.63, 3.8) is 0 Å². The number of nitrogens with one attached hydrogen (secondary N) is 1. The molecule has 2 fully saturated rings. The summed E-state index contributed by atoms with van der Waals surface area (Å²) in [5, 5.41) is 3.07. The number of methoxy groups -OCH3 is 4. The first-order chi connectivity index (χ1) is 17.5. The molecule has 3 atom stereocenters. The molecule has 0 radical (unpaired) electrons. The summed E-state index contributed by atoms with van der Waals surface area (Å²) in [6.07, 6.45) is 2.64. The van der Waals surface area contributed by atoms with E-state index in [0.717, 1.165) is 25.0 Å². The van der Waals surface area contributed by atoms with Gasteiger partial charge in [0.05, 0.1) is 52.2 Å². The number of benzene rings is 2. The molecular formula is C27H34N2O7. The van der Waals surface area contributed by atoms with Crippen molar-refractivity contribution < 1.29 is 33.3 Å². The summed E-state index contributed by atoms with van der Waals surface area (Å²) in [5.41, 5.74) is 1.39. The van der Waals surface area contributed by atoms with Gasteiger partial charge in [-0.2, -0.15) is 0 Å². The number of amides is 2. The van der Waals surface area contributed by atoms with Crippen LogP contribution in [0.5, 0.6) is 23.0 Å². The van der Waals surface area contributed by atoms with Gasteiger partial charge < -0.3 is 33.9 Å². The summed E-state index contributed by atoms with van der Waals surface area (Å²) in [7, 11) is 6.19. The van der Waals surface area contributed by atoms with E-state index in [0.29, 0.717) is 41.7 Å². The molecule has 0 unspecified atom stereocenters. The van der Waals surface area contributed by atoms with E-state index in [-0.39, 0.29) is 24.3 Å². The van der Waals surface area contributed by atoms with E-state index in [1.807, 2.05) is 24.3 Å². The van der Waals surface area contributed by atoms with Crippen LogP contribution in [0.3, 0.4) is 0 Å². The van der Waals surface area contributed by atoms with Crippen molar-refractivity contribution in [2.45, 2.75) is 37.8 Å². The van der Waals surface area contributed by atoms with Crippen LogP contribution in [0, 0.1) is 5.92 Å². The van der Waals surface area contributed by atoms with Gasteiger partial charge in [-0.05, 0) is 37.0 Å². The Morgan fingerprint density at radius 2 is 1.69 bits per heavy atom. The van der Waals surface area contributed by atoms with Gasteiger partial charge in [0.15, 0.2) is 11.5 Å². The van der Waals surface area contributed by atoms with Crippen molar-refractivity contribution in [2.75, 3.05) is 46.5 Å². The third-order valence-corrected chi connectivity index (χ3v) is 6.85. The van der Waals surface area contributed by atoms with Crippen LogP contribution in [0.2, 0.25) is 0 Å². The van der Waals surface area contributed by atoms with E-state index in [2.05, 4.69) is 5.32 Å². The second-order valence-electron chi connectivity index (χ2n) is 8.89. The monoisotopic (exact) mass is 498 g/mol. The highest BCUT2D eigenvalue weighted by molar-refractivity contribution is 5.98. The number of carbonyl (C=O) groups is 2. The molecule has 0 saturated carbocycles. The third-order valence-electron chi connectivity index (χ3n) is 6.85. The summed E-state index contributed by atoms with van der Waals surface area (Å²) in [4.78, 5) is 28.6. The quantitative estimate of drug-likeness (QED) is 0.565. The Bertz CT molecular complexity index is 1040. The van der Waals surface area contributed by atoms with Crippen LogP contribution in [-0.4, -0.2) is 59.5 Å². The second-order valence-corrected chi connectivity index (χ2v) is 8.89. The molecule has 2 aliphatic heterocycles. The van der Waals surface area contributed by atoms with Crippen molar-refractivity contribution in [3.05, 3.63) is 42.0 Å². The van der Waals surface area contributed by atoms with Gasteiger partial charge in [0.1, 0.15) is 5.75 Å². The minimum Gasteiger partial charge on any atom is -0.497 e. The maximum atomic E-state index is 13.5. The average Bonchev–Trinajstić information content (AvgIpc) is 3.44. The molecule has 2 saturated heterocycles. The third kappa shape index (κ3) is 5.21. The van der Waals surface area contributed by atoms with E-state index in [4.69, 9.17) is 23.7 Å². The van der Waals surface area contributed by atoms with Crippen LogP contribution in [0.4, 0.5) is 5.69 Å². The van der Waals surface area contributed by atoms with Gasteiger partial charge in [-0.3, -0.25) is 9.59 Å². The molecule has 2 aromatic rings. The number of hydrogen-bond acceptors (Lipinski definition) is 7. The predicted molar refractivity (Wildman–Crippen MR) is 134 cm³/mol. The van der Waals surface area contributed by atoms with E-state index >= 15 is 0 Å². The minimum atomic E-state index is -0.538. The highest BCUT2D eigenvalue weighted by Gasteiger charge is 2.42. The topological polar surface area (TPSA) is 95.6 Å². The van der Waals surface area contributed by atoms with Gasteiger partial charge >= 0.3 is 0 Å². The zero-order valence-electron chi connectivity index (χ0n) is 21.2. The molecule has 4 rings (SSSR count). The molecule has 9 nitrogen and oxygen atoms in total. The molecule has 2 amide bonds. The number of piperidine rings is 1. The highest BCUT2D eigenvalue weighted by atomic mass is 16.5. The lowest BCUT2D eigenvalue weighted by Crippen LogP contribution is -2.49. The number of ether oxygens (including phenoxy) is 5. The number of carbonyl (C=O) groups excluding carboxylic acids is 2. The summed E-state index contributed by atoms with van der Waals surface area (Å²) in [5.74, 6) is 1.33. The molecule has 36 heavy (non-hydrogen) atoms. The van der Waals surface area contributed by atoms with E-state index in [9.17, 15) is 9.59 Å². The molecule has 0 aliphatic carbocycles. The Morgan fingerprint density at radius 1 is 1.00 bits per heavy atom. The molecular weight excluding hydrogens is 464 g/mol. The molecule has 2 aliphatic rings. The molecule has 9 heteroatoms. The second kappa shape index (κ2) is 11.5. The molecule has 0 spiro atoms. The lowest BCUT2D eigenvalue weighted by Gasteiger charge is -2.41. The first-order valence-electron chi connectivity index (χ1n) is 12.2. The first kappa shape index (κ1) is 25.6. The summed E-state index contributed by atoms with van der Waals surface area (Å²) in [6.45, 7) is 1.19. The van der Waals surface area contributed by atoms with Crippen LogP contribution in [0.1, 0.15) is 37.3 Å². The minimum absolute atomic E-state index is 0.0322. The molecule has 2 heterocycles. The van der Waals surface area contributed by atoms with Crippen LogP contribution in [0.25, 0.3) is 0 Å².